The summed E-state index contributed by atoms with van der Waals surface area (Å²) in [6.07, 6.45) is 3.73. The molecule has 1 N–H and O–H groups in total. The summed E-state index contributed by atoms with van der Waals surface area (Å²) >= 11 is 0. The number of hydrogen-bond acceptors (Lipinski definition) is 4. The molecule has 0 aliphatic rings. The first-order valence-corrected chi connectivity index (χ1v) is 8.22. The number of rotatable bonds is 8. The van der Waals surface area contributed by atoms with Gasteiger partial charge in [0.2, 0.25) is 0 Å². The maximum atomic E-state index is 12.4. The molecule has 0 fully saturated rings. The van der Waals surface area contributed by atoms with Gasteiger partial charge in [-0.3, -0.25) is 9.78 Å². The average Bonchev–Trinajstić information content (AvgIpc) is 2.64. The number of unbranched alkanes of at least 4 members (excludes halogenated alkanes) is 1. The van der Waals surface area contributed by atoms with Crippen molar-refractivity contribution in [3.05, 3.63) is 53.9 Å². The fourth-order valence-corrected chi connectivity index (χ4v) is 2.30. The SMILES string of the molecule is CCCCN(C)C(=O)c1cc(NCc2ccc(OC)cc2)ccn1. The Morgan fingerprint density at radius 1 is 1.25 bits per heavy atom. The van der Waals surface area contributed by atoms with Crippen molar-refractivity contribution in [1.29, 1.82) is 0 Å². The van der Waals surface area contributed by atoms with Gasteiger partial charge in [0.05, 0.1) is 7.11 Å². The maximum absolute atomic E-state index is 12.4. The van der Waals surface area contributed by atoms with Gasteiger partial charge in [-0.15, -0.1) is 0 Å². The lowest BCUT2D eigenvalue weighted by atomic mass is 10.2. The molecule has 0 aliphatic heterocycles. The van der Waals surface area contributed by atoms with E-state index in [0.29, 0.717) is 12.2 Å². The van der Waals surface area contributed by atoms with Crippen molar-refractivity contribution < 1.29 is 9.53 Å². The molecule has 0 atom stereocenters. The number of methoxy groups -OCH3 is 1. The molecule has 0 saturated carbocycles. The molecule has 1 aromatic heterocycles. The van der Waals surface area contributed by atoms with Crippen molar-refractivity contribution in [2.45, 2.75) is 26.3 Å². The summed E-state index contributed by atoms with van der Waals surface area (Å²) in [4.78, 5) is 18.3. The van der Waals surface area contributed by atoms with Crippen LogP contribution >= 0.6 is 0 Å². The highest BCUT2D eigenvalue weighted by Gasteiger charge is 2.12. The standard InChI is InChI=1S/C19H25N3O2/c1-4-5-12-22(2)19(23)18-13-16(10-11-20-18)21-14-15-6-8-17(24-3)9-7-15/h6-11,13H,4-5,12,14H2,1-3H3,(H,20,21). The van der Waals surface area contributed by atoms with E-state index in [2.05, 4.69) is 17.2 Å². The Morgan fingerprint density at radius 2 is 2.00 bits per heavy atom. The van der Waals surface area contributed by atoms with E-state index in [1.165, 1.54) is 0 Å². The number of nitrogens with zero attached hydrogens (tertiary/aromatic N) is 2. The van der Waals surface area contributed by atoms with Crippen LogP contribution in [0.25, 0.3) is 0 Å². The average molecular weight is 327 g/mol. The second-order valence-electron chi connectivity index (χ2n) is 5.71. The second-order valence-corrected chi connectivity index (χ2v) is 5.71. The summed E-state index contributed by atoms with van der Waals surface area (Å²) in [5.41, 5.74) is 2.49. The minimum Gasteiger partial charge on any atom is -0.497 e. The number of carbonyl (C=O) groups excluding carboxylic acids is 1. The molecular formula is C19H25N3O2. The van der Waals surface area contributed by atoms with Gasteiger partial charge in [-0.2, -0.15) is 0 Å². The van der Waals surface area contributed by atoms with Gasteiger partial charge < -0.3 is 15.0 Å². The Labute approximate surface area is 143 Å². The van der Waals surface area contributed by atoms with Crippen LogP contribution < -0.4 is 10.1 Å². The number of pyridine rings is 1. The summed E-state index contributed by atoms with van der Waals surface area (Å²) < 4.78 is 5.15. The fourth-order valence-electron chi connectivity index (χ4n) is 2.30. The van der Waals surface area contributed by atoms with Crippen molar-refractivity contribution in [3.63, 3.8) is 0 Å². The molecule has 2 aromatic rings. The van der Waals surface area contributed by atoms with Gasteiger partial charge in [-0.25, -0.2) is 0 Å². The smallest absolute Gasteiger partial charge is 0.272 e. The largest absolute Gasteiger partial charge is 0.497 e. The van der Waals surface area contributed by atoms with Crippen LogP contribution in [0.1, 0.15) is 35.8 Å². The number of benzene rings is 1. The van der Waals surface area contributed by atoms with Crippen molar-refractivity contribution in [2.75, 3.05) is 26.0 Å². The summed E-state index contributed by atoms with van der Waals surface area (Å²) in [7, 11) is 3.47. The van der Waals surface area contributed by atoms with Gasteiger partial charge in [0.25, 0.3) is 5.91 Å². The van der Waals surface area contributed by atoms with E-state index in [0.717, 1.165) is 36.4 Å². The van der Waals surface area contributed by atoms with Gasteiger partial charge >= 0.3 is 0 Å². The minimum absolute atomic E-state index is 0.0449. The lowest BCUT2D eigenvalue weighted by Gasteiger charge is -2.16. The van der Waals surface area contributed by atoms with E-state index in [1.807, 2.05) is 37.4 Å². The Balaban J connectivity index is 1.97. The van der Waals surface area contributed by atoms with E-state index < -0.39 is 0 Å². The van der Waals surface area contributed by atoms with Crippen LogP contribution in [0.4, 0.5) is 5.69 Å². The van der Waals surface area contributed by atoms with E-state index in [1.54, 1.807) is 24.3 Å². The third kappa shape index (κ3) is 4.98. The maximum Gasteiger partial charge on any atom is 0.272 e. The summed E-state index contributed by atoms with van der Waals surface area (Å²) in [5.74, 6) is 0.794. The van der Waals surface area contributed by atoms with Crippen LogP contribution in [-0.4, -0.2) is 36.5 Å². The molecule has 24 heavy (non-hydrogen) atoms. The topological polar surface area (TPSA) is 54.5 Å². The number of ether oxygens (including phenoxy) is 1. The number of anilines is 1. The predicted molar refractivity (Wildman–Crippen MR) is 96.4 cm³/mol. The number of nitrogens with one attached hydrogen (secondary N) is 1. The first-order valence-electron chi connectivity index (χ1n) is 8.22. The first kappa shape index (κ1) is 17.8. The fraction of sp³-hybridized carbons (Fsp3) is 0.368. The van der Waals surface area contributed by atoms with Gasteiger partial charge in [-0.05, 0) is 36.2 Å². The number of amides is 1. The molecule has 0 spiro atoms. The highest BCUT2D eigenvalue weighted by atomic mass is 16.5. The third-order valence-corrected chi connectivity index (χ3v) is 3.83. The molecular weight excluding hydrogens is 302 g/mol. The number of aromatic nitrogens is 1. The third-order valence-electron chi connectivity index (χ3n) is 3.83. The monoisotopic (exact) mass is 327 g/mol. The van der Waals surface area contributed by atoms with E-state index in [4.69, 9.17) is 4.74 Å². The first-order chi connectivity index (χ1) is 11.6. The summed E-state index contributed by atoms with van der Waals surface area (Å²) in [5, 5.41) is 3.32. The Kier molecular flexibility index (Phi) is 6.61. The van der Waals surface area contributed by atoms with Crippen molar-refractivity contribution >= 4 is 11.6 Å². The van der Waals surface area contributed by atoms with Crippen LogP contribution in [0.5, 0.6) is 5.75 Å². The molecule has 5 nitrogen and oxygen atoms in total. The summed E-state index contributed by atoms with van der Waals surface area (Å²) in [6.45, 7) is 3.54. The van der Waals surface area contributed by atoms with Crippen molar-refractivity contribution in [3.8, 4) is 5.75 Å². The van der Waals surface area contributed by atoms with Gasteiger partial charge in [0, 0.05) is 32.0 Å². The molecule has 1 amide bonds. The number of carbonyl (C=O) groups is 1. The molecule has 0 unspecified atom stereocenters. The van der Waals surface area contributed by atoms with E-state index >= 15 is 0 Å². The lowest BCUT2D eigenvalue weighted by molar-refractivity contribution is 0.0787. The quantitative estimate of drug-likeness (QED) is 0.805. The molecule has 2 rings (SSSR count). The number of hydrogen-bond donors (Lipinski definition) is 1. The Hall–Kier alpha value is -2.56. The van der Waals surface area contributed by atoms with E-state index in [-0.39, 0.29) is 5.91 Å². The van der Waals surface area contributed by atoms with Crippen molar-refractivity contribution in [2.24, 2.45) is 0 Å². The zero-order chi connectivity index (χ0) is 17.4. The molecule has 0 radical (unpaired) electrons. The molecule has 0 aliphatic carbocycles. The molecule has 0 bridgehead atoms. The van der Waals surface area contributed by atoms with Crippen LogP contribution in [0.3, 0.4) is 0 Å². The molecule has 1 heterocycles. The van der Waals surface area contributed by atoms with Crippen LogP contribution in [0.15, 0.2) is 42.6 Å². The van der Waals surface area contributed by atoms with Crippen LogP contribution in [0, 0.1) is 0 Å². The molecule has 1 aromatic carbocycles. The van der Waals surface area contributed by atoms with Gasteiger partial charge in [-0.1, -0.05) is 25.5 Å². The normalized spacial score (nSPS) is 10.3. The van der Waals surface area contributed by atoms with Crippen molar-refractivity contribution in [1.82, 2.24) is 9.88 Å². The highest BCUT2D eigenvalue weighted by molar-refractivity contribution is 5.92. The Morgan fingerprint density at radius 3 is 2.67 bits per heavy atom. The van der Waals surface area contributed by atoms with Gasteiger partial charge in [0.1, 0.15) is 11.4 Å². The van der Waals surface area contributed by atoms with Crippen LogP contribution in [0.2, 0.25) is 0 Å². The lowest BCUT2D eigenvalue weighted by Crippen LogP contribution is -2.28. The molecule has 128 valence electrons. The molecule has 0 saturated heterocycles. The van der Waals surface area contributed by atoms with Gasteiger partial charge in [0.15, 0.2) is 0 Å². The summed E-state index contributed by atoms with van der Waals surface area (Å²) in [6, 6.07) is 11.6. The zero-order valence-corrected chi connectivity index (χ0v) is 14.6. The molecule has 5 heteroatoms. The second kappa shape index (κ2) is 8.91. The minimum atomic E-state index is -0.0449. The predicted octanol–water partition coefficient (Wildman–Crippen LogP) is 3.57. The Bertz CT molecular complexity index is 656. The van der Waals surface area contributed by atoms with Crippen LogP contribution in [-0.2, 0) is 6.54 Å². The highest BCUT2D eigenvalue weighted by Crippen LogP contribution is 2.14. The van der Waals surface area contributed by atoms with E-state index in [9.17, 15) is 4.79 Å². The zero-order valence-electron chi connectivity index (χ0n) is 14.6.